The molecule has 2 nitrogen and oxygen atoms in total. The highest BCUT2D eigenvalue weighted by molar-refractivity contribution is 7.17. The highest BCUT2D eigenvalue weighted by Gasteiger charge is 2.13. The molecular weight excluding hydrogens is 264 g/mol. The van der Waals surface area contributed by atoms with Crippen LogP contribution in [0.2, 0.25) is 0 Å². The molecule has 0 aliphatic carbocycles. The highest BCUT2D eigenvalue weighted by atomic mass is 32.1. The molecule has 0 fully saturated rings. The maximum Gasteiger partial charge on any atom is 0.0424 e. The zero-order valence-electron chi connectivity index (χ0n) is 11.1. The van der Waals surface area contributed by atoms with E-state index in [2.05, 4.69) is 58.5 Å². The summed E-state index contributed by atoms with van der Waals surface area (Å²) in [6.07, 6.45) is 1.14. The lowest BCUT2D eigenvalue weighted by molar-refractivity contribution is 1.11. The molecule has 2 aromatic carbocycles. The highest BCUT2D eigenvalue weighted by Crippen LogP contribution is 2.28. The molecule has 3 aromatic rings. The third kappa shape index (κ3) is 2.04. The van der Waals surface area contributed by atoms with Crippen LogP contribution in [-0.4, -0.2) is 6.54 Å². The first kappa shape index (κ1) is 11.8. The van der Waals surface area contributed by atoms with E-state index in [9.17, 15) is 0 Å². The van der Waals surface area contributed by atoms with Crippen molar-refractivity contribution in [2.24, 2.45) is 0 Å². The SMILES string of the molecule is c1cc2c(c(CNc3ccc4sccc4c3)c1)NCC2. The molecular formula is C17H16N2S. The molecule has 0 spiro atoms. The topological polar surface area (TPSA) is 24.1 Å². The van der Waals surface area contributed by atoms with Crippen LogP contribution in [-0.2, 0) is 13.0 Å². The van der Waals surface area contributed by atoms with E-state index >= 15 is 0 Å². The van der Waals surface area contributed by atoms with Crippen molar-refractivity contribution >= 4 is 32.8 Å². The lowest BCUT2D eigenvalue weighted by atomic mass is 10.1. The fourth-order valence-electron chi connectivity index (χ4n) is 2.83. The Morgan fingerprint density at radius 2 is 2.15 bits per heavy atom. The van der Waals surface area contributed by atoms with E-state index in [0.717, 1.165) is 19.5 Å². The fraction of sp³-hybridized carbons (Fsp3) is 0.176. The van der Waals surface area contributed by atoms with Crippen molar-refractivity contribution in [1.29, 1.82) is 0 Å². The monoisotopic (exact) mass is 280 g/mol. The Bertz CT molecular complexity index is 761. The number of thiophene rings is 1. The van der Waals surface area contributed by atoms with Crippen LogP contribution in [0.5, 0.6) is 0 Å². The van der Waals surface area contributed by atoms with Gasteiger partial charge in [0, 0.05) is 29.2 Å². The zero-order chi connectivity index (χ0) is 13.4. The predicted octanol–water partition coefficient (Wildman–Crippen LogP) is 4.48. The van der Waals surface area contributed by atoms with Gasteiger partial charge in [-0.05, 0) is 52.6 Å². The van der Waals surface area contributed by atoms with Crippen LogP contribution in [0.4, 0.5) is 11.4 Å². The predicted molar refractivity (Wildman–Crippen MR) is 87.8 cm³/mol. The van der Waals surface area contributed by atoms with Gasteiger partial charge >= 0.3 is 0 Å². The summed E-state index contributed by atoms with van der Waals surface area (Å²) in [4.78, 5) is 0. The van der Waals surface area contributed by atoms with Gasteiger partial charge in [0.25, 0.3) is 0 Å². The Morgan fingerprint density at radius 3 is 3.15 bits per heavy atom. The van der Waals surface area contributed by atoms with Gasteiger partial charge in [-0.2, -0.15) is 0 Å². The zero-order valence-corrected chi connectivity index (χ0v) is 12.0. The standard InChI is InChI=1S/C17H16N2S/c1-2-12-6-8-18-17(12)14(3-1)11-19-15-4-5-16-13(10-15)7-9-20-16/h1-5,7,9-10,18-19H,6,8,11H2. The van der Waals surface area contributed by atoms with Crippen molar-refractivity contribution in [2.75, 3.05) is 17.2 Å². The van der Waals surface area contributed by atoms with E-state index in [4.69, 9.17) is 0 Å². The second kappa shape index (κ2) is 4.84. The van der Waals surface area contributed by atoms with Crippen LogP contribution in [0.1, 0.15) is 11.1 Å². The number of fused-ring (bicyclic) bond motifs is 2. The lowest BCUT2D eigenvalue weighted by Gasteiger charge is -2.11. The molecule has 0 amide bonds. The van der Waals surface area contributed by atoms with Crippen molar-refractivity contribution < 1.29 is 0 Å². The van der Waals surface area contributed by atoms with Crippen LogP contribution in [0.15, 0.2) is 47.8 Å². The summed E-state index contributed by atoms with van der Waals surface area (Å²) >= 11 is 1.79. The second-order valence-electron chi connectivity index (χ2n) is 5.15. The molecule has 1 aliphatic rings. The van der Waals surface area contributed by atoms with Gasteiger partial charge in [0.1, 0.15) is 0 Å². The van der Waals surface area contributed by atoms with E-state index in [1.807, 2.05) is 0 Å². The normalized spacial score (nSPS) is 13.2. The summed E-state index contributed by atoms with van der Waals surface area (Å²) < 4.78 is 1.35. The van der Waals surface area contributed by atoms with Crippen LogP contribution >= 0.6 is 11.3 Å². The molecule has 0 saturated carbocycles. The van der Waals surface area contributed by atoms with Gasteiger partial charge in [-0.1, -0.05) is 18.2 Å². The molecule has 100 valence electrons. The second-order valence-corrected chi connectivity index (χ2v) is 6.10. The van der Waals surface area contributed by atoms with E-state index in [-0.39, 0.29) is 0 Å². The van der Waals surface area contributed by atoms with Gasteiger partial charge in [-0.3, -0.25) is 0 Å². The first-order chi connectivity index (χ1) is 9.90. The van der Waals surface area contributed by atoms with Gasteiger partial charge in [0.05, 0.1) is 0 Å². The minimum atomic E-state index is 0.867. The van der Waals surface area contributed by atoms with Crippen molar-refractivity contribution in [3.8, 4) is 0 Å². The Balaban J connectivity index is 1.57. The molecule has 1 aliphatic heterocycles. The average molecular weight is 280 g/mol. The summed E-state index contributed by atoms with van der Waals surface area (Å²) in [7, 11) is 0. The summed E-state index contributed by atoms with van der Waals surface area (Å²) in [5.41, 5.74) is 5.31. The summed E-state index contributed by atoms with van der Waals surface area (Å²) in [6, 6.07) is 15.3. The van der Waals surface area contributed by atoms with Gasteiger partial charge in [0.2, 0.25) is 0 Å². The molecule has 0 unspecified atom stereocenters. The van der Waals surface area contributed by atoms with Gasteiger partial charge in [-0.15, -0.1) is 11.3 Å². The number of hydrogen-bond acceptors (Lipinski definition) is 3. The molecule has 20 heavy (non-hydrogen) atoms. The molecule has 4 rings (SSSR count). The van der Waals surface area contributed by atoms with Crippen molar-refractivity contribution in [3.05, 3.63) is 59.0 Å². The molecule has 0 saturated heterocycles. The maximum atomic E-state index is 3.54. The number of benzene rings is 2. The molecule has 0 bridgehead atoms. The third-order valence-corrected chi connectivity index (χ3v) is 4.77. The van der Waals surface area contributed by atoms with Gasteiger partial charge in [0.15, 0.2) is 0 Å². The van der Waals surface area contributed by atoms with Crippen molar-refractivity contribution in [3.63, 3.8) is 0 Å². The number of anilines is 2. The van der Waals surface area contributed by atoms with Crippen LogP contribution in [0, 0.1) is 0 Å². The average Bonchev–Trinajstić information content (AvgIpc) is 3.13. The molecule has 2 heterocycles. The van der Waals surface area contributed by atoms with Crippen molar-refractivity contribution in [2.45, 2.75) is 13.0 Å². The molecule has 0 radical (unpaired) electrons. The number of nitrogens with one attached hydrogen (secondary N) is 2. The minimum Gasteiger partial charge on any atom is -0.384 e. The molecule has 0 atom stereocenters. The largest absolute Gasteiger partial charge is 0.384 e. The Labute approximate surface area is 122 Å². The van der Waals surface area contributed by atoms with Gasteiger partial charge in [-0.25, -0.2) is 0 Å². The quantitative estimate of drug-likeness (QED) is 0.739. The van der Waals surface area contributed by atoms with E-state index in [1.165, 1.54) is 32.6 Å². The van der Waals surface area contributed by atoms with Gasteiger partial charge < -0.3 is 10.6 Å². The summed E-state index contributed by atoms with van der Waals surface area (Å²) in [5.74, 6) is 0. The van der Waals surface area contributed by atoms with Crippen molar-refractivity contribution in [1.82, 2.24) is 0 Å². The molecule has 1 aromatic heterocycles. The van der Waals surface area contributed by atoms with Crippen LogP contribution in [0.3, 0.4) is 0 Å². The van der Waals surface area contributed by atoms with E-state index < -0.39 is 0 Å². The Morgan fingerprint density at radius 1 is 1.15 bits per heavy atom. The van der Waals surface area contributed by atoms with E-state index in [0.29, 0.717) is 0 Å². The first-order valence-electron chi connectivity index (χ1n) is 6.96. The maximum absolute atomic E-state index is 3.54. The summed E-state index contributed by atoms with van der Waals surface area (Å²) in [5, 5.41) is 10.5. The van der Waals surface area contributed by atoms with Crippen LogP contribution in [0.25, 0.3) is 10.1 Å². The number of para-hydroxylation sites is 1. The smallest absolute Gasteiger partial charge is 0.0424 e. The van der Waals surface area contributed by atoms with Crippen LogP contribution < -0.4 is 10.6 Å². The Hall–Kier alpha value is -2.00. The summed E-state index contributed by atoms with van der Waals surface area (Å²) in [6.45, 7) is 1.93. The first-order valence-corrected chi connectivity index (χ1v) is 7.84. The lowest BCUT2D eigenvalue weighted by Crippen LogP contribution is -2.02. The molecule has 3 heteroatoms. The Kier molecular flexibility index (Phi) is 2.85. The van der Waals surface area contributed by atoms with E-state index in [1.54, 1.807) is 11.3 Å². The number of hydrogen-bond donors (Lipinski definition) is 2. The molecule has 2 N–H and O–H groups in total. The third-order valence-electron chi connectivity index (χ3n) is 3.87. The number of rotatable bonds is 3. The minimum absolute atomic E-state index is 0.867. The fourth-order valence-corrected chi connectivity index (χ4v) is 3.60.